The topological polar surface area (TPSA) is 71.5 Å². The van der Waals surface area contributed by atoms with Crippen LogP contribution in [0.15, 0.2) is 48.7 Å². The molecule has 1 unspecified atom stereocenters. The van der Waals surface area contributed by atoms with Crippen molar-refractivity contribution >= 4 is 23.6 Å². The maximum Gasteiger partial charge on any atom is 0.251 e. The zero-order valence-corrected chi connectivity index (χ0v) is 14.1. The number of pyridine rings is 1. The highest BCUT2D eigenvalue weighted by molar-refractivity contribution is 6.04. The van der Waals surface area contributed by atoms with Crippen LogP contribution in [0, 0.1) is 0 Å². The number of fused-ring (bicyclic) bond motifs is 1. The fraction of sp³-hybridized carbons (Fsp3) is 0.211. The maximum atomic E-state index is 12.6. The molecule has 1 N–H and O–H groups in total. The molecule has 2 amide bonds. The van der Waals surface area contributed by atoms with E-state index in [0.717, 1.165) is 5.56 Å². The normalized spacial score (nSPS) is 16.2. The van der Waals surface area contributed by atoms with Crippen LogP contribution in [0.5, 0.6) is 5.88 Å². The highest BCUT2D eigenvalue weighted by Gasteiger charge is 2.27. The Bertz CT molecular complexity index is 815. The Labute approximate surface area is 146 Å². The summed E-state index contributed by atoms with van der Waals surface area (Å²) in [7, 11) is 1.59. The van der Waals surface area contributed by atoms with Gasteiger partial charge in [0.1, 0.15) is 11.8 Å². The number of hydrogen-bond donors (Lipinski definition) is 1. The Morgan fingerprint density at radius 2 is 2.04 bits per heavy atom. The van der Waals surface area contributed by atoms with Gasteiger partial charge in [-0.2, -0.15) is 0 Å². The maximum absolute atomic E-state index is 12.6. The second-order valence-electron chi connectivity index (χ2n) is 5.74. The third-order valence-corrected chi connectivity index (χ3v) is 3.88. The first kappa shape index (κ1) is 16.7. The first-order valence-electron chi connectivity index (χ1n) is 8.02. The van der Waals surface area contributed by atoms with Gasteiger partial charge in [-0.3, -0.25) is 9.59 Å². The second kappa shape index (κ2) is 7.17. The van der Waals surface area contributed by atoms with Crippen molar-refractivity contribution in [2.75, 3.05) is 18.5 Å². The number of rotatable bonds is 3. The molecule has 1 atom stereocenters. The van der Waals surface area contributed by atoms with Crippen molar-refractivity contribution in [3.8, 4) is 5.88 Å². The van der Waals surface area contributed by atoms with Gasteiger partial charge in [0, 0.05) is 24.9 Å². The van der Waals surface area contributed by atoms with E-state index in [1.807, 2.05) is 13.0 Å². The lowest BCUT2D eigenvalue weighted by Gasteiger charge is -2.31. The molecule has 1 aliphatic heterocycles. The van der Waals surface area contributed by atoms with Gasteiger partial charge < -0.3 is 15.0 Å². The Kier molecular flexibility index (Phi) is 4.79. The van der Waals surface area contributed by atoms with Gasteiger partial charge in [-0.15, -0.1) is 0 Å². The number of carbonyl (C=O) groups is 2. The number of ether oxygens (including phenoxy) is 1. The Morgan fingerprint density at radius 3 is 2.76 bits per heavy atom. The van der Waals surface area contributed by atoms with Gasteiger partial charge >= 0.3 is 0 Å². The molecule has 0 radical (unpaired) electrons. The average Bonchev–Trinajstić information content (AvgIpc) is 2.65. The van der Waals surface area contributed by atoms with E-state index in [4.69, 9.17) is 4.74 Å². The quantitative estimate of drug-likeness (QED) is 0.872. The van der Waals surface area contributed by atoms with Gasteiger partial charge in [0.25, 0.3) is 11.8 Å². The summed E-state index contributed by atoms with van der Waals surface area (Å²) in [5.74, 6) is 0.190. The van der Waals surface area contributed by atoms with Crippen LogP contribution in [0.4, 0.5) is 5.69 Å². The molecule has 0 saturated heterocycles. The molecule has 2 heterocycles. The molecule has 128 valence electrons. The largest absolute Gasteiger partial charge is 0.471 e. The van der Waals surface area contributed by atoms with Crippen LogP contribution in [0.25, 0.3) is 6.08 Å². The molecule has 1 aliphatic rings. The third-order valence-electron chi connectivity index (χ3n) is 3.88. The third kappa shape index (κ3) is 3.68. The van der Waals surface area contributed by atoms with E-state index in [-0.39, 0.29) is 17.9 Å². The summed E-state index contributed by atoms with van der Waals surface area (Å²) in [6.07, 6.45) is 4.77. The summed E-state index contributed by atoms with van der Waals surface area (Å²) >= 11 is 0. The van der Waals surface area contributed by atoms with E-state index in [1.165, 1.54) is 6.08 Å². The number of nitrogens with zero attached hydrogens (tertiary/aromatic N) is 2. The van der Waals surface area contributed by atoms with E-state index in [1.54, 1.807) is 54.6 Å². The fourth-order valence-corrected chi connectivity index (χ4v) is 2.62. The van der Waals surface area contributed by atoms with E-state index >= 15 is 0 Å². The lowest BCUT2D eigenvalue weighted by molar-refractivity contribution is -0.114. The number of amides is 2. The molecule has 1 aromatic carbocycles. The summed E-state index contributed by atoms with van der Waals surface area (Å²) in [5, 5.41) is 2.57. The summed E-state index contributed by atoms with van der Waals surface area (Å²) in [4.78, 5) is 30.0. The summed E-state index contributed by atoms with van der Waals surface area (Å²) in [6, 6.07) is 10.6. The molecule has 6 heteroatoms. The van der Waals surface area contributed by atoms with Crippen molar-refractivity contribution in [3.63, 3.8) is 0 Å². The van der Waals surface area contributed by atoms with Crippen LogP contribution in [0.1, 0.15) is 22.8 Å². The lowest BCUT2D eigenvalue weighted by atomic mass is 10.1. The van der Waals surface area contributed by atoms with Crippen molar-refractivity contribution in [1.82, 2.24) is 10.3 Å². The lowest BCUT2D eigenvalue weighted by Crippen LogP contribution is -2.41. The zero-order valence-electron chi connectivity index (χ0n) is 14.1. The minimum absolute atomic E-state index is 0.119. The molecule has 3 rings (SSSR count). The minimum Gasteiger partial charge on any atom is -0.471 e. The number of nitrogens with one attached hydrogen (secondary N) is 1. The smallest absolute Gasteiger partial charge is 0.251 e. The van der Waals surface area contributed by atoms with E-state index in [9.17, 15) is 9.59 Å². The Morgan fingerprint density at radius 1 is 1.28 bits per heavy atom. The molecule has 0 aliphatic carbocycles. The molecule has 2 aromatic rings. The molecule has 6 nitrogen and oxygen atoms in total. The molecular formula is C19H19N3O3. The highest BCUT2D eigenvalue weighted by atomic mass is 16.5. The van der Waals surface area contributed by atoms with Crippen molar-refractivity contribution in [1.29, 1.82) is 0 Å². The van der Waals surface area contributed by atoms with Crippen LogP contribution in [0.2, 0.25) is 0 Å². The molecule has 25 heavy (non-hydrogen) atoms. The van der Waals surface area contributed by atoms with Gasteiger partial charge in [-0.1, -0.05) is 12.1 Å². The number of carbonyl (C=O) groups excluding carboxylic acids is 2. The number of aromatic nitrogens is 1. The number of hydrogen-bond acceptors (Lipinski definition) is 4. The van der Waals surface area contributed by atoms with E-state index in [0.29, 0.717) is 23.7 Å². The monoisotopic (exact) mass is 337 g/mol. The van der Waals surface area contributed by atoms with Gasteiger partial charge in [-0.25, -0.2) is 4.98 Å². The van der Waals surface area contributed by atoms with Crippen molar-refractivity contribution in [2.24, 2.45) is 0 Å². The van der Waals surface area contributed by atoms with E-state index in [2.05, 4.69) is 10.3 Å². The first-order chi connectivity index (χ1) is 12.1. The molecule has 1 aromatic heterocycles. The number of benzene rings is 1. The van der Waals surface area contributed by atoms with Crippen molar-refractivity contribution < 1.29 is 14.3 Å². The van der Waals surface area contributed by atoms with Crippen LogP contribution >= 0.6 is 0 Å². The summed E-state index contributed by atoms with van der Waals surface area (Å²) in [5.41, 5.74) is 2.09. The fourth-order valence-electron chi connectivity index (χ4n) is 2.62. The summed E-state index contributed by atoms with van der Waals surface area (Å²) < 4.78 is 5.65. The number of anilines is 1. The van der Waals surface area contributed by atoms with Crippen LogP contribution in [0.3, 0.4) is 0 Å². The van der Waals surface area contributed by atoms with Gasteiger partial charge in [-0.05, 0) is 42.8 Å². The van der Waals surface area contributed by atoms with Gasteiger partial charge in [0.05, 0.1) is 6.54 Å². The zero-order chi connectivity index (χ0) is 17.8. The molecule has 0 bridgehead atoms. The Hall–Kier alpha value is -3.15. The standard InChI is InChI=1S/C19H19N3O3/c1-13-12-22(16-4-3-11-21-19(16)25-13)17(23)10-7-14-5-8-15(9-6-14)18(24)20-2/h3-11,13H,12H2,1-2H3,(H,20,24)/b10-7+. The van der Waals surface area contributed by atoms with Crippen LogP contribution < -0.4 is 15.0 Å². The SMILES string of the molecule is CNC(=O)c1ccc(/C=C/C(=O)N2CC(C)Oc3ncccc32)cc1. The second-order valence-corrected chi connectivity index (χ2v) is 5.74. The molecule has 0 fully saturated rings. The van der Waals surface area contributed by atoms with E-state index < -0.39 is 0 Å². The first-order valence-corrected chi connectivity index (χ1v) is 8.02. The summed E-state index contributed by atoms with van der Waals surface area (Å²) in [6.45, 7) is 2.37. The van der Waals surface area contributed by atoms with Crippen LogP contribution in [-0.2, 0) is 4.79 Å². The van der Waals surface area contributed by atoms with Crippen molar-refractivity contribution in [2.45, 2.75) is 13.0 Å². The Balaban J connectivity index is 1.76. The minimum atomic E-state index is -0.141. The van der Waals surface area contributed by atoms with Crippen molar-refractivity contribution in [3.05, 3.63) is 59.8 Å². The van der Waals surface area contributed by atoms with Gasteiger partial charge in [0.15, 0.2) is 0 Å². The predicted octanol–water partition coefficient (Wildman–Crippen LogP) is 2.27. The average molecular weight is 337 g/mol. The van der Waals surface area contributed by atoms with Crippen LogP contribution in [-0.4, -0.2) is 36.5 Å². The molecule has 0 saturated carbocycles. The molecular weight excluding hydrogens is 318 g/mol. The van der Waals surface area contributed by atoms with Gasteiger partial charge in [0.2, 0.25) is 5.88 Å². The molecule has 0 spiro atoms. The highest BCUT2D eigenvalue weighted by Crippen LogP contribution is 2.30. The predicted molar refractivity (Wildman–Crippen MR) is 95.5 cm³/mol.